The maximum absolute atomic E-state index is 13.1. The first-order chi connectivity index (χ1) is 15.5. The molecular formula is C22H24FN5O2S2. The molecule has 0 bridgehead atoms. The molecule has 1 aliphatic rings. The fraction of sp³-hybridized carbons (Fsp3) is 0.364. The highest BCUT2D eigenvalue weighted by atomic mass is 32.1. The van der Waals surface area contributed by atoms with E-state index >= 15 is 0 Å². The molecule has 0 fully saturated rings. The Morgan fingerprint density at radius 2 is 2.00 bits per heavy atom. The number of hydrogen-bond acceptors (Lipinski definition) is 6. The predicted octanol–water partition coefficient (Wildman–Crippen LogP) is 4.78. The number of benzene rings is 1. The third kappa shape index (κ3) is 5.31. The molecule has 4 rings (SSSR count). The second kappa shape index (κ2) is 10.2. The van der Waals surface area contributed by atoms with Crippen molar-refractivity contribution in [2.75, 3.05) is 17.2 Å². The molecule has 0 atom stereocenters. The third-order valence-electron chi connectivity index (χ3n) is 5.15. The number of anilines is 2. The van der Waals surface area contributed by atoms with Gasteiger partial charge in [-0.25, -0.2) is 18.9 Å². The molecular weight excluding hydrogens is 449 g/mol. The summed E-state index contributed by atoms with van der Waals surface area (Å²) in [5.41, 5.74) is 2.58. The standard InChI is InChI=1S/C22H24FN5O2S2/c1-2-30-20(29)18-16-6-4-3-5-7-17(16)32-19(18)25-22(31)26-21-24-13-28(27-21)12-14-8-10-15(23)11-9-14/h8-11,13H,2-7,12H2,1H3,(H2,25,26,27,31). The van der Waals surface area contributed by atoms with Crippen LogP contribution in [0.5, 0.6) is 0 Å². The molecule has 0 saturated carbocycles. The number of halogens is 1. The number of aryl methyl sites for hydroxylation is 1. The highest BCUT2D eigenvalue weighted by molar-refractivity contribution is 7.80. The number of thiocarbonyl (C=S) groups is 1. The van der Waals surface area contributed by atoms with E-state index in [1.165, 1.54) is 23.4 Å². The van der Waals surface area contributed by atoms with Gasteiger partial charge in [0.15, 0.2) is 5.11 Å². The third-order valence-corrected chi connectivity index (χ3v) is 6.56. The molecule has 2 N–H and O–H groups in total. The van der Waals surface area contributed by atoms with E-state index < -0.39 is 0 Å². The monoisotopic (exact) mass is 473 g/mol. The predicted molar refractivity (Wildman–Crippen MR) is 127 cm³/mol. The van der Waals surface area contributed by atoms with Crippen molar-refractivity contribution in [1.29, 1.82) is 0 Å². The molecule has 2 heterocycles. The average molecular weight is 474 g/mol. The van der Waals surface area contributed by atoms with Gasteiger partial charge in [0.05, 0.1) is 18.7 Å². The number of esters is 1. The quantitative estimate of drug-likeness (QED) is 0.303. The van der Waals surface area contributed by atoms with Crippen LogP contribution in [0.25, 0.3) is 0 Å². The van der Waals surface area contributed by atoms with Crippen LogP contribution in [0.1, 0.15) is 52.5 Å². The molecule has 168 valence electrons. The fourth-order valence-corrected chi connectivity index (χ4v) is 5.23. The number of carbonyl (C=O) groups is 1. The first-order valence-corrected chi connectivity index (χ1v) is 11.8. The van der Waals surface area contributed by atoms with E-state index in [0.29, 0.717) is 34.8 Å². The van der Waals surface area contributed by atoms with E-state index in [0.717, 1.165) is 36.8 Å². The molecule has 1 aliphatic carbocycles. The Kier molecular flexibility index (Phi) is 7.11. The number of carbonyl (C=O) groups excluding carboxylic acids is 1. The van der Waals surface area contributed by atoms with Gasteiger partial charge in [-0.2, -0.15) is 0 Å². The number of thiophene rings is 1. The Bertz CT molecular complexity index is 1110. The van der Waals surface area contributed by atoms with Crippen molar-refractivity contribution in [3.8, 4) is 0 Å². The second-order valence-corrected chi connectivity index (χ2v) is 8.97. The molecule has 7 nitrogen and oxygen atoms in total. The average Bonchev–Trinajstić information content (AvgIpc) is 3.26. The van der Waals surface area contributed by atoms with Gasteiger partial charge in [-0.1, -0.05) is 18.6 Å². The minimum absolute atomic E-state index is 0.279. The van der Waals surface area contributed by atoms with Crippen LogP contribution in [0.4, 0.5) is 15.3 Å². The van der Waals surface area contributed by atoms with Crippen molar-refractivity contribution in [2.24, 2.45) is 0 Å². The molecule has 0 unspecified atom stereocenters. The Morgan fingerprint density at radius 3 is 2.78 bits per heavy atom. The Morgan fingerprint density at radius 1 is 1.22 bits per heavy atom. The van der Waals surface area contributed by atoms with Crippen LogP contribution in [-0.4, -0.2) is 32.5 Å². The fourth-order valence-electron chi connectivity index (χ4n) is 3.69. The molecule has 32 heavy (non-hydrogen) atoms. The van der Waals surface area contributed by atoms with Crippen LogP contribution >= 0.6 is 23.6 Å². The summed E-state index contributed by atoms with van der Waals surface area (Å²) in [5, 5.41) is 11.5. The minimum atomic E-state index is -0.320. The molecule has 2 aromatic heterocycles. The Labute approximate surface area is 195 Å². The van der Waals surface area contributed by atoms with Gasteiger partial charge in [-0.15, -0.1) is 16.4 Å². The van der Waals surface area contributed by atoms with E-state index in [1.807, 2.05) is 0 Å². The number of ether oxygens (including phenoxy) is 1. The summed E-state index contributed by atoms with van der Waals surface area (Å²) in [6.07, 6.45) is 6.76. The van der Waals surface area contributed by atoms with E-state index in [2.05, 4.69) is 20.7 Å². The molecule has 0 saturated heterocycles. The van der Waals surface area contributed by atoms with Gasteiger partial charge < -0.3 is 10.1 Å². The van der Waals surface area contributed by atoms with Crippen LogP contribution in [0.15, 0.2) is 30.6 Å². The van der Waals surface area contributed by atoms with Crippen molar-refractivity contribution in [3.05, 3.63) is 58.0 Å². The van der Waals surface area contributed by atoms with Gasteiger partial charge >= 0.3 is 5.97 Å². The molecule has 0 spiro atoms. The van der Waals surface area contributed by atoms with Gasteiger partial charge in [0.1, 0.15) is 17.1 Å². The van der Waals surface area contributed by atoms with Gasteiger partial charge in [-0.3, -0.25) is 5.32 Å². The lowest BCUT2D eigenvalue weighted by Crippen LogP contribution is -2.21. The molecule has 3 aromatic rings. The summed E-state index contributed by atoms with van der Waals surface area (Å²) in [6.45, 7) is 2.58. The van der Waals surface area contributed by atoms with Crippen molar-refractivity contribution < 1.29 is 13.9 Å². The van der Waals surface area contributed by atoms with Gasteiger partial charge in [0.25, 0.3) is 0 Å². The van der Waals surface area contributed by atoms with Crippen molar-refractivity contribution >= 4 is 45.6 Å². The minimum Gasteiger partial charge on any atom is -0.462 e. The number of rotatable bonds is 6. The normalized spacial score (nSPS) is 13.2. The van der Waals surface area contributed by atoms with Gasteiger partial charge in [0.2, 0.25) is 5.95 Å². The lowest BCUT2D eigenvalue weighted by molar-refractivity contribution is 0.0527. The first-order valence-electron chi connectivity index (χ1n) is 10.6. The highest BCUT2D eigenvalue weighted by Crippen LogP contribution is 2.38. The van der Waals surface area contributed by atoms with Crippen molar-refractivity contribution in [3.63, 3.8) is 0 Å². The SMILES string of the molecule is CCOC(=O)c1c(NC(=S)Nc2ncn(Cc3ccc(F)cc3)n2)sc2c1CCCCC2. The number of nitrogens with one attached hydrogen (secondary N) is 2. The maximum atomic E-state index is 13.1. The van der Waals surface area contributed by atoms with Crippen LogP contribution in [0.2, 0.25) is 0 Å². The van der Waals surface area contributed by atoms with E-state index in [9.17, 15) is 9.18 Å². The van der Waals surface area contributed by atoms with Gasteiger partial charge in [0, 0.05) is 4.88 Å². The molecule has 0 radical (unpaired) electrons. The van der Waals surface area contributed by atoms with Gasteiger partial charge in [-0.05, 0) is 68.1 Å². The van der Waals surface area contributed by atoms with Crippen LogP contribution in [0.3, 0.4) is 0 Å². The summed E-state index contributed by atoms with van der Waals surface area (Å²) < 4.78 is 20.0. The zero-order valence-electron chi connectivity index (χ0n) is 17.7. The zero-order valence-corrected chi connectivity index (χ0v) is 19.3. The van der Waals surface area contributed by atoms with Crippen LogP contribution in [-0.2, 0) is 24.1 Å². The lowest BCUT2D eigenvalue weighted by atomic mass is 10.1. The highest BCUT2D eigenvalue weighted by Gasteiger charge is 2.26. The van der Waals surface area contributed by atoms with E-state index in [1.54, 1.807) is 41.4 Å². The molecule has 1 aromatic carbocycles. The zero-order chi connectivity index (χ0) is 22.5. The first kappa shape index (κ1) is 22.3. The number of fused-ring (bicyclic) bond motifs is 1. The Hall–Kier alpha value is -2.85. The lowest BCUT2D eigenvalue weighted by Gasteiger charge is -2.10. The summed E-state index contributed by atoms with van der Waals surface area (Å²) in [6, 6.07) is 6.23. The summed E-state index contributed by atoms with van der Waals surface area (Å²) in [7, 11) is 0. The van der Waals surface area contributed by atoms with E-state index in [-0.39, 0.29) is 11.8 Å². The number of aromatic nitrogens is 3. The summed E-state index contributed by atoms with van der Waals surface area (Å²) >= 11 is 7.01. The summed E-state index contributed by atoms with van der Waals surface area (Å²) in [5.74, 6) is -0.265. The molecule has 0 aliphatic heterocycles. The smallest absolute Gasteiger partial charge is 0.341 e. The number of nitrogens with zero attached hydrogens (tertiary/aromatic N) is 3. The van der Waals surface area contributed by atoms with Crippen LogP contribution < -0.4 is 10.6 Å². The molecule has 0 amide bonds. The van der Waals surface area contributed by atoms with Crippen molar-refractivity contribution in [2.45, 2.75) is 45.6 Å². The van der Waals surface area contributed by atoms with E-state index in [4.69, 9.17) is 17.0 Å². The van der Waals surface area contributed by atoms with Crippen molar-refractivity contribution in [1.82, 2.24) is 14.8 Å². The summed E-state index contributed by atoms with van der Waals surface area (Å²) in [4.78, 5) is 18.1. The Balaban J connectivity index is 1.45. The molecule has 10 heteroatoms. The van der Waals surface area contributed by atoms with Crippen LogP contribution in [0, 0.1) is 5.82 Å². The largest absolute Gasteiger partial charge is 0.462 e. The number of hydrogen-bond donors (Lipinski definition) is 2. The topological polar surface area (TPSA) is 81.1 Å². The second-order valence-electron chi connectivity index (χ2n) is 7.46. The maximum Gasteiger partial charge on any atom is 0.341 e.